The van der Waals surface area contributed by atoms with Crippen LogP contribution in [-0.2, 0) is 17.8 Å². The van der Waals surface area contributed by atoms with Gasteiger partial charge in [-0.2, -0.15) is 5.10 Å². The van der Waals surface area contributed by atoms with Gasteiger partial charge in [-0.25, -0.2) is 0 Å². The van der Waals surface area contributed by atoms with Crippen LogP contribution in [0.15, 0.2) is 16.8 Å². The average molecular weight is 344 g/mol. The van der Waals surface area contributed by atoms with Crippen molar-refractivity contribution >= 4 is 5.91 Å². The first-order chi connectivity index (χ1) is 12.2. The zero-order valence-corrected chi connectivity index (χ0v) is 14.8. The van der Waals surface area contributed by atoms with Crippen molar-refractivity contribution in [1.29, 1.82) is 0 Å². The topological polar surface area (TPSA) is 73.4 Å². The van der Waals surface area contributed by atoms with Gasteiger partial charge in [-0.1, -0.05) is 5.16 Å². The van der Waals surface area contributed by atoms with Crippen molar-refractivity contribution in [3.05, 3.63) is 35.0 Å². The molecule has 2 aromatic rings. The summed E-state index contributed by atoms with van der Waals surface area (Å²) in [6.07, 6.45) is 4.49. The van der Waals surface area contributed by atoms with E-state index < -0.39 is 0 Å². The maximum Gasteiger partial charge on any atom is 0.276 e. The minimum Gasteiger partial charge on any atom is -0.381 e. The van der Waals surface area contributed by atoms with Crippen molar-refractivity contribution in [1.82, 2.24) is 19.8 Å². The third kappa shape index (κ3) is 3.33. The van der Waals surface area contributed by atoms with E-state index in [1.165, 1.54) is 18.5 Å². The summed E-state index contributed by atoms with van der Waals surface area (Å²) < 4.78 is 12.9. The zero-order chi connectivity index (χ0) is 17.4. The number of ether oxygens (including phenoxy) is 1. The first kappa shape index (κ1) is 16.3. The number of rotatable bonds is 6. The van der Waals surface area contributed by atoms with Crippen molar-refractivity contribution in [2.24, 2.45) is 5.92 Å². The molecule has 0 spiro atoms. The lowest BCUT2D eigenvalue weighted by molar-refractivity contribution is 0.0637. The van der Waals surface area contributed by atoms with Crippen LogP contribution < -0.4 is 0 Å². The highest BCUT2D eigenvalue weighted by molar-refractivity contribution is 5.92. The Bertz CT molecular complexity index is 762. The number of hydrogen-bond acceptors (Lipinski definition) is 5. The number of aromatic nitrogens is 3. The second-order valence-electron chi connectivity index (χ2n) is 7.05. The number of carbonyl (C=O) groups excluding carboxylic acids is 1. The van der Waals surface area contributed by atoms with Crippen LogP contribution in [0, 0.1) is 12.8 Å². The molecule has 4 rings (SSSR count). The Kier molecular flexibility index (Phi) is 4.33. The zero-order valence-electron chi connectivity index (χ0n) is 14.8. The van der Waals surface area contributed by atoms with Crippen molar-refractivity contribution in [2.75, 3.05) is 19.8 Å². The van der Waals surface area contributed by atoms with Crippen LogP contribution in [0.1, 0.15) is 53.2 Å². The van der Waals surface area contributed by atoms with Crippen LogP contribution in [0.3, 0.4) is 0 Å². The summed E-state index contributed by atoms with van der Waals surface area (Å²) in [4.78, 5) is 14.6. The molecule has 0 saturated heterocycles. The second kappa shape index (κ2) is 6.63. The minimum atomic E-state index is -0.0982. The van der Waals surface area contributed by atoms with Crippen LogP contribution in [0.5, 0.6) is 0 Å². The highest BCUT2D eigenvalue weighted by Crippen LogP contribution is 2.34. The van der Waals surface area contributed by atoms with E-state index in [0.29, 0.717) is 37.8 Å². The van der Waals surface area contributed by atoms with Gasteiger partial charge in [0.25, 0.3) is 5.91 Å². The molecule has 2 aliphatic rings. The smallest absolute Gasteiger partial charge is 0.276 e. The molecule has 1 amide bonds. The number of amides is 1. The molecule has 1 atom stereocenters. The quantitative estimate of drug-likeness (QED) is 0.804. The Hall–Kier alpha value is -2.15. The molecule has 0 N–H and O–H groups in total. The van der Waals surface area contributed by atoms with Gasteiger partial charge in [0.05, 0.1) is 18.5 Å². The van der Waals surface area contributed by atoms with Gasteiger partial charge < -0.3 is 14.2 Å². The maximum atomic E-state index is 12.8. The van der Waals surface area contributed by atoms with Gasteiger partial charge in [0, 0.05) is 43.8 Å². The van der Waals surface area contributed by atoms with Crippen molar-refractivity contribution < 1.29 is 14.1 Å². The normalized spacial score (nSPS) is 19.9. The van der Waals surface area contributed by atoms with E-state index in [9.17, 15) is 4.79 Å². The van der Waals surface area contributed by atoms with Crippen LogP contribution in [0.4, 0.5) is 0 Å². The van der Waals surface area contributed by atoms with E-state index in [-0.39, 0.29) is 11.8 Å². The molecular weight excluding hydrogens is 320 g/mol. The molecule has 0 radical (unpaired) electrons. The number of aryl methyl sites for hydroxylation is 1. The standard InChI is InChI=1S/C18H24N4O3/c1-3-24-11-15-10-21(18(23)16-6-12(2)25-20-16)9-14-7-19-22(17(14)15)8-13-4-5-13/h6-7,13,15H,3-5,8-11H2,1-2H3. The predicted molar refractivity (Wildman–Crippen MR) is 90.2 cm³/mol. The van der Waals surface area contributed by atoms with E-state index in [1.54, 1.807) is 13.0 Å². The largest absolute Gasteiger partial charge is 0.381 e. The van der Waals surface area contributed by atoms with Gasteiger partial charge in [0.15, 0.2) is 5.69 Å². The number of carbonyl (C=O) groups is 1. The number of hydrogen-bond donors (Lipinski definition) is 0. The van der Waals surface area contributed by atoms with Crippen LogP contribution >= 0.6 is 0 Å². The Labute approximate surface area is 146 Å². The molecule has 1 unspecified atom stereocenters. The van der Waals surface area contributed by atoms with Gasteiger partial charge in [-0.15, -0.1) is 0 Å². The van der Waals surface area contributed by atoms with E-state index in [2.05, 4.69) is 14.9 Å². The summed E-state index contributed by atoms with van der Waals surface area (Å²) >= 11 is 0. The van der Waals surface area contributed by atoms with Crippen LogP contribution in [0.2, 0.25) is 0 Å². The molecule has 1 aliphatic carbocycles. The predicted octanol–water partition coefficient (Wildman–Crippen LogP) is 2.37. The molecule has 0 bridgehead atoms. The van der Waals surface area contributed by atoms with Gasteiger partial charge in [0.2, 0.25) is 0 Å². The first-order valence-electron chi connectivity index (χ1n) is 9.00. The second-order valence-corrected chi connectivity index (χ2v) is 7.05. The molecule has 3 heterocycles. The van der Waals surface area contributed by atoms with Gasteiger partial charge in [0.1, 0.15) is 5.76 Å². The Morgan fingerprint density at radius 1 is 1.44 bits per heavy atom. The Balaban J connectivity index is 1.58. The third-order valence-electron chi connectivity index (χ3n) is 4.93. The monoisotopic (exact) mass is 344 g/mol. The maximum absolute atomic E-state index is 12.8. The lowest BCUT2D eigenvalue weighted by Crippen LogP contribution is -2.40. The fourth-order valence-corrected chi connectivity index (χ4v) is 3.52. The van der Waals surface area contributed by atoms with E-state index in [0.717, 1.165) is 18.0 Å². The van der Waals surface area contributed by atoms with E-state index in [1.807, 2.05) is 18.0 Å². The molecular formula is C18H24N4O3. The summed E-state index contributed by atoms with van der Waals surface area (Å²) in [5.41, 5.74) is 2.72. The number of fused-ring (bicyclic) bond motifs is 1. The highest BCUT2D eigenvalue weighted by Gasteiger charge is 2.34. The molecule has 1 saturated carbocycles. The average Bonchev–Trinajstić information content (AvgIpc) is 3.17. The third-order valence-corrected chi connectivity index (χ3v) is 4.93. The van der Waals surface area contributed by atoms with E-state index >= 15 is 0 Å². The Morgan fingerprint density at radius 3 is 2.96 bits per heavy atom. The highest BCUT2D eigenvalue weighted by atomic mass is 16.5. The molecule has 7 heteroatoms. The molecule has 7 nitrogen and oxygen atoms in total. The SMILES string of the molecule is CCOCC1CN(C(=O)c2cc(C)on2)Cc2cnn(CC3CC3)c21. The molecule has 0 aromatic carbocycles. The first-order valence-corrected chi connectivity index (χ1v) is 9.00. The Morgan fingerprint density at radius 2 is 2.28 bits per heavy atom. The summed E-state index contributed by atoms with van der Waals surface area (Å²) in [5, 5.41) is 8.46. The van der Waals surface area contributed by atoms with Crippen molar-refractivity contribution in [3.63, 3.8) is 0 Å². The molecule has 134 valence electrons. The number of nitrogens with zero attached hydrogens (tertiary/aromatic N) is 4. The summed E-state index contributed by atoms with van der Waals surface area (Å²) in [7, 11) is 0. The van der Waals surface area contributed by atoms with Crippen LogP contribution in [0.25, 0.3) is 0 Å². The van der Waals surface area contributed by atoms with Gasteiger partial charge in [-0.05, 0) is 32.6 Å². The lowest BCUT2D eigenvalue weighted by atomic mass is 9.96. The molecule has 1 fully saturated rings. The lowest BCUT2D eigenvalue weighted by Gasteiger charge is -2.33. The van der Waals surface area contributed by atoms with Crippen molar-refractivity contribution in [3.8, 4) is 0 Å². The molecule has 2 aromatic heterocycles. The van der Waals surface area contributed by atoms with Crippen molar-refractivity contribution in [2.45, 2.75) is 45.7 Å². The summed E-state index contributed by atoms with van der Waals surface area (Å²) in [6.45, 7) is 7.21. The van der Waals surface area contributed by atoms with Gasteiger partial charge in [-0.3, -0.25) is 9.48 Å². The van der Waals surface area contributed by atoms with Gasteiger partial charge >= 0.3 is 0 Å². The van der Waals surface area contributed by atoms with Crippen LogP contribution in [-0.4, -0.2) is 45.5 Å². The summed E-state index contributed by atoms with van der Waals surface area (Å²) in [5.74, 6) is 1.44. The fraction of sp³-hybridized carbons (Fsp3) is 0.611. The molecule has 1 aliphatic heterocycles. The fourth-order valence-electron chi connectivity index (χ4n) is 3.52. The minimum absolute atomic E-state index is 0.0982. The van der Waals surface area contributed by atoms with E-state index in [4.69, 9.17) is 9.26 Å². The summed E-state index contributed by atoms with van der Waals surface area (Å²) in [6, 6.07) is 1.69. The molecule has 25 heavy (non-hydrogen) atoms.